The molecule has 0 aliphatic carbocycles. The van der Waals surface area contributed by atoms with Gasteiger partial charge in [-0.3, -0.25) is 9.18 Å². The molecule has 0 aromatic heterocycles. The van der Waals surface area contributed by atoms with Gasteiger partial charge in [0.15, 0.2) is 0 Å². The molecule has 0 rings (SSSR count). The van der Waals surface area contributed by atoms with Crippen LogP contribution >= 0.6 is 0 Å². The normalized spacial score (nSPS) is 12.6. The van der Waals surface area contributed by atoms with Gasteiger partial charge >= 0.3 is 5.97 Å². The summed E-state index contributed by atoms with van der Waals surface area (Å²) in [7, 11) is 0. The second-order valence-electron chi connectivity index (χ2n) is 2.52. The molecule has 0 radical (unpaired) electrons. The first kappa shape index (κ1) is 10.4. The molecule has 2 nitrogen and oxygen atoms in total. The Kier molecular flexibility index (Phi) is 5.80. The predicted octanol–water partition coefficient (Wildman–Crippen LogP) is 1.94. The zero-order chi connectivity index (χ0) is 8.69. The molecule has 0 aliphatic heterocycles. The molecule has 1 unspecified atom stereocenters. The topological polar surface area (TPSA) is 26.3 Å². The van der Waals surface area contributed by atoms with Gasteiger partial charge in [-0.15, -0.1) is 0 Å². The predicted molar refractivity (Wildman–Crippen MR) is 41.0 cm³/mol. The Bertz CT molecular complexity index is 115. The molecular formula is C8H15FO2. The number of ether oxygens (including phenoxy) is 1. The number of halogens is 1. The third-order valence-electron chi connectivity index (χ3n) is 1.54. The van der Waals surface area contributed by atoms with Crippen molar-refractivity contribution >= 4 is 5.97 Å². The van der Waals surface area contributed by atoms with E-state index in [1.165, 1.54) is 0 Å². The molecule has 0 aromatic carbocycles. The maximum Gasteiger partial charge on any atom is 0.308 e. The smallest absolute Gasteiger partial charge is 0.308 e. The summed E-state index contributed by atoms with van der Waals surface area (Å²) in [5, 5.41) is 0. The van der Waals surface area contributed by atoms with E-state index >= 15 is 0 Å². The van der Waals surface area contributed by atoms with Crippen molar-refractivity contribution in [3.8, 4) is 0 Å². The number of hydrogen-bond donors (Lipinski definition) is 0. The van der Waals surface area contributed by atoms with Crippen molar-refractivity contribution in [2.45, 2.75) is 26.7 Å². The molecule has 3 heteroatoms. The fraction of sp³-hybridized carbons (Fsp3) is 0.875. The average molecular weight is 162 g/mol. The highest BCUT2D eigenvalue weighted by atomic mass is 19.1. The van der Waals surface area contributed by atoms with Crippen molar-refractivity contribution in [1.29, 1.82) is 0 Å². The molecule has 0 saturated carbocycles. The highest BCUT2D eigenvalue weighted by Crippen LogP contribution is 2.03. The van der Waals surface area contributed by atoms with Crippen LogP contribution in [-0.2, 0) is 9.53 Å². The molecule has 0 heterocycles. The molecular weight excluding hydrogens is 147 g/mol. The van der Waals surface area contributed by atoms with Gasteiger partial charge in [-0.25, -0.2) is 0 Å². The van der Waals surface area contributed by atoms with E-state index in [4.69, 9.17) is 4.74 Å². The van der Waals surface area contributed by atoms with Crippen LogP contribution in [0.1, 0.15) is 26.7 Å². The first-order valence-corrected chi connectivity index (χ1v) is 3.95. The second kappa shape index (κ2) is 6.13. The van der Waals surface area contributed by atoms with E-state index in [1.54, 1.807) is 6.92 Å². The van der Waals surface area contributed by atoms with Gasteiger partial charge in [-0.05, 0) is 6.42 Å². The number of carbonyl (C=O) groups is 1. The molecule has 11 heavy (non-hydrogen) atoms. The zero-order valence-electron chi connectivity index (χ0n) is 7.10. The van der Waals surface area contributed by atoms with Crippen LogP contribution in [0.15, 0.2) is 0 Å². The third-order valence-corrected chi connectivity index (χ3v) is 1.54. The Labute approximate surface area is 66.7 Å². The van der Waals surface area contributed by atoms with E-state index in [2.05, 4.69) is 0 Å². The van der Waals surface area contributed by atoms with Crippen LogP contribution < -0.4 is 0 Å². The van der Waals surface area contributed by atoms with Crippen LogP contribution in [0.3, 0.4) is 0 Å². The highest BCUT2D eigenvalue weighted by molar-refractivity contribution is 5.71. The van der Waals surface area contributed by atoms with E-state index in [1.807, 2.05) is 6.92 Å². The van der Waals surface area contributed by atoms with E-state index in [0.29, 0.717) is 6.42 Å². The summed E-state index contributed by atoms with van der Waals surface area (Å²) < 4.78 is 16.3. The summed E-state index contributed by atoms with van der Waals surface area (Å²) in [6.45, 7) is 3.51. The minimum atomic E-state index is -0.423. The van der Waals surface area contributed by atoms with Gasteiger partial charge in [0.05, 0.1) is 19.2 Å². The van der Waals surface area contributed by atoms with Gasteiger partial charge in [0.25, 0.3) is 0 Å². The summed E-state index contributed by atoms with van der Waals surface area (Å²) in [4.78, 5) is 10.9. The van der Waals surface area contributed by atoms with E-state index in [9.17, 15) is 9.18 Å². The number of esters is 1. The van der Waals surface area contributed by atoms with Gasteiger partial charge in [0.1, 0.15) is 0 Å². The SMILES string of the molecule is CCC(C)C(=O)OCCCF. The molecule has 0 bridgehead atoms. The van der Waals surface area contributed by atoms with Crippen LogP contribution in [0.2, 0.25) is 0 Å². The number of alkyl halides is 1. The maximum absolute atomic E-state index is 11.5. The Morgan fingerprint density at radius 1 is 1.64 bits per heavy atom. The Morgan fingerprint density at radius 3 is 2.73 bits per heavy atom. The lowest BCUT2D eigenvalue weighted by atomic mass is 10.1. The van der Waals surface area contributed by atoms with E-state index < -0.39 is 6.67 Å². The number of carbonyl (C=O) groups excluding carboxylic acids is 1. The van der Waals surface area contributed by atoms with Crippen molar-refractivity contribution in [3.05, 3.63) is 0 Å². The highest BCUT2D eigenvalue weighted by Gasteiger charge is 2.10. The standard InChI is InChI=1S/C8H15FO2/c1-3-7(2)8(10)11-6-4-5-9/h7H,3-6H2,1-2H3. The van der Waals surface area contributed by atoms with Crippen molar-refractivity contribution in [2.24, 2.45) is 5.92 Å². The van der Waals surface area contributed by atoms with Crippen LogP contribution in [0, 0.1) is 5.92 Å². The van der Waals surface area contributed by atoms with Gasteiger partial charge in [0.2, 0.25) is 0 Å². The second-order valence-corrected chi connectivity index (χ2v) is 2.52. The molecule has 66 valence electrons. The number of rotatable bonds is 5. The fourth-order valence-corrected chi connectivity index (χ4v) is 0.536. The lowest BCUT2D eigenvalue weighted by molar-refractivity contribution is -0.148. The van der Waals surface area contributed by atoms with Crippen molar-refractivity contribution < 1.29 is 13.9 Å². The van der Waals surface area contributed by atoms with Gasteiger partial charge in [-0.1, -0.05) is 13.8 Å². The molecule has 0 saturated heterocycles. The minimum Gasteiger partial charge on any atom is -0.465 e. The van der Waals surface area contributed by atoms with E-state index in [-0.39, 0.29) is 18.5 Å². The summed E-state index contributed by atoms with van der Waals surface area (Å²) >= 11 is 0. The zero-order valence-corrected chi connectivity index (χ0v) is 7.10. The molecule has 0 amide bonds. The molecule has 0 aliphatic rings. The summed E-state index contributed by atoms with van der Waals surface area (Å²) in [6.07, 6.45) is 1.08. The van der Waals surface area contributed by atoms with E-state index in [0.717, 1.165) is 6.42 Å². The van der Waals surface area contributed by atoms with Crippen LogP contribution in [0.5, 0.6) is 0 Å². The lowest BCUT2D eigenvalue weighted by Crippen LogP contribution is -2.14. The third kappa shape index (κ3) is 4.76. The van der Waals surface area contributed by atoms with Crippen molar-refractivity contribution in [2.75, 3.05) is 13.3 Å². The van der Waals surface area contributed by atoms with Crippen LogP contribution in [-0.4, -0.2) is 19.3 Å². The van der Waals surface area contributed by atoms with Crippen LogP contribution in [0.4, 0.5) is 4.39 Å². The Balaban J connectivity index is 3.36. The van der Waals surface area contributed by atoms with Gasteiger partial charge in [-0.2, -0.15) is 0 Å². The Hall–Kier alpha value is -0.600. The first-order chi connectivity index (χ1) is 5.22. The maximum atomic E-state index is 11.5. The Morgan fingerprint density at radius 2 is 2.27 bits per heavy atom. The first-order valence-electron chi connectivity index (χ1n) is 3.95. The molecule has 0 spiro atoms. The fourth-order valence-electron chi connectivity index (χ4n) is 0.536. The molecule has 0 N–H and O–H groups in total. The lowest BCUT2D eigenvalue weighted by Gasteiger charge is -2.07. The quantitative estimate of drug-likeness (QED) is 0.456. The molecule has 1 atom stereocenters. The summed E-state index contributed by atoms with van der Waals surface area (Å²) in [6, 6.07) is 0. The molecule has 0 aromatic rings. The van der Waals surface area contributed by atoms with Gasteiger partial charge < -0.3 is 4.74 Å². The molecule has 0 fully saturated rings. The van der Waals surface area contributed by atoms with Crippen molar-refractivity contribution in [3.63, 3.8) is 0 Å². The van der Waals surface area contributed by atoms with Crippen molar-refractivity contribution in [1.82, 2.24) is 0 Å². The average Bonchev–Trinajstić information content (AvgIpc) is 2.03. The van der Waals surface area contributed by atoms with Crippen LogP contribution in [0.25, 0.3) is 0 Å². The summed E-state index contributed by atoms with van der Waals surface area (Å²) in [5.74, 6) is -0.282. The largest absolute Gasteiger partial charge is 0.465 e. The minimum absolute atomic E-state index is 0.0605. The monoisotopic (exact) mass is 162 g/mol. The van der Waals surface area contributed by atoms with Gasteiger partial charge in [0, 0.05) is 6.42 Å². The number of hydrogen-bond acceptors (Lipinski definition) is 2. The summed E-state index contributed by atoms with van der Waals surface area (Å²) in [5.41, 5.74) is 0.